The number of nitrogens with zero attached hydrogens (tertiary/aromatic N) is 5. The monoisotopic (exact) mass is 504 g/mol. The van der Waals surface area contributed by atoms with Gasteiger partial charge in [-0.3, -0.25) is 15.5 Å². The number of benzene rings is 2. The van der Waals surface area contributed by atoms with Gasteiger partial charge in [0, 0.05) is 19.2 Å². The number of rotatable bonds is 7. The lowest BCUT2D eigenvalue weighted by Crippen LogP contribution is -2.40. The molecule has 1 aliphatic rings. The summed E-state index contributed by atoms with van der Waals surface area (Å²) < 4.78 is 33.7. The lowest BCUT2D eigenvalue weighted by molar-refractivity contribution is -0.384. The van der Waals surface area contributed by atoms with Crippen LogP contribution in [0.3, 0.4) is 0 Å². The number of nitro benzene ring substituents is 1. The molecule has 1 aromatic heterocycles. The Morgan fingerprint density at radius 2 is 1.91 bits per heavy atom. The van der Waals surface area contributed by atoms with Gasteiger partial charge in [0.05, 0.1) is 46.2 Å². The van der Waals surface area contributed by atoms with Crippen molar-refractivity contribution in [2.75, 3.05) is 31.7 Å². The Balaban J connectivity index is 1.58. The molecule has 0 aliphatic carbocycles. The summed E-state index contributed by atoms with van der Waals surface area (Å²) in [6, 6.07) is 12.9. The molecule has 0 unspecified atom stereocenters. The second-order valence-electron chi connectivity index (χ2n) is 7.36. The van der Waals surface area contributed by atoms with Crippen LogP contribution in [-0.4, -0.2) is 59.9 Å². The highest BCUT2D eigenvalue weighted by Gasteiger charge is 2.29. The summed E-state index contributed by atoms with van der Waals surface area (Å²) in [5, 5.41) is 20.4. The minimum absolute atomic E-state index is 0.0337. The molecule has 2 heterocycles. The summed E-state index contributed by atoms with van der Waals surface area (Å²) in [7, 11) is -3.88. The smallest absolute Gasteiger partial charge is 0.295 e. The number of halogens is 1. The first-order valence-electron chi connectivity index (χ1n) is 10.2. The lowest BCUT2D eigenvalue weighted by Gasteiger charge is -2.26. The average molecular weight is 505 g/mol. The summed E-state index contributed by atoms with van der Waals surface area (Å²) in [5.41, 5.74) is 4.14. The topological polar surface area (TPSA) is 132 Å². The number of nitro groups is 1. The molecule has 4 rings (SSSR count). The van der Waals surface area contributed by atoms with Crippen LogP contribution >= 0.6 is 11.6 Å². The maximum atomic E-state index is 12.8. The zero-order valence-electron chi connectivity index (χ0n) is 18.1. The molecule has 13 heteroatoms. The molecule has 3 aromatic rings. The van der Waals surface area contributed by atoms with Crippen LogP contribution < -0.4 is 5.43 Å². The molecule has 1 aliphatic heterocycles. The van der Waals surface area contributed by atoms with Crippen molar-refractivity contribution in [3.8, 4) is 5.69 Å². The van der Waals surface area contributed by atoms with Crippen LogP contribution in [-0.2, 0) is 14.8 Å². The van der Waals surface area contributed by atoms with E-state index in [1.165, 1.54) is 22.7 Å². The number of hydrogen-bond acceptors (Lipinski definition) is 8. The van der Waals surface area contributed by atoms with Gasteiger partial charge in [0.15, 0.2) is 0 Å². The van der Waals surface area contributed by atoms with Gasteiger partial charge in [0.2, 0.25) is 10.0 Å². The Labute approximate surface area is 200 Å². The fourth-order valence-electron chi connectivity index (χ4n) is 3.42. The summed E-state index contributed by atoms with van der Waals surface area (Å²) in [6.45, 7) is 2.70. The molecule has 11 nitrogen and oxygen atoms in total. The summed E-state index contributed by atoms with van der Waals surface area (Å²) in [5.74, 6) is 0. The Morgan fingerprint density at radius 1 is 1.21 bits per heavy atom. The van der Waals surface area contributed by atoms with Crippen LogP contribution in [0.2, 0.25) is 5.15 Å². The van der Waals surface area contributed by atoms with E-state index < -0.39 is 20.6 Å². The molecule has 1 fully saturated rings. The van der Waals surface area contributed by atoms with E-state index in [1.807, 2.05) is 30.3 Å². The van der Waals surface area contributed by atoms with Gasteiger partial charge >= 0.3 is 0 Å². The standard InChI is InChI=1S/C21H21ClN6O5S/c1-15-18(21(22)27(25-15)16-5-3-2-4-6-16)14-23-24-19-8-7-17(13-20(19)28(29)30)34(31,32)26-9-11-33-12-10-26/h2-8,13-14,24H,9-12H2,1H3/b23-14+. The first-order chi connectivity index (χ1) is 16.3. The van der Waals surface area contributed by atoms with Crippen LogP contribution in [0.1, 0.15) is 11.3 Å². The Bertz CT molecular complexity index is 1340. The van der Waals surface area contributed by atoms with Gasteiger partial charge in [-0.1, -0.05) is 29.8 Å². The number of morpholine rings is 1. The summed E-state index contributed by atoms with van der Waals surface area (Å²) in [4.78, 5) is 10.8. The SMILES string of the molecule is Cc1nn(-c2ccccc2)c(Cl)c1/C=N/Nc1ccc(S(=O)(=O)N2CCOCC2)cc1[N+](=O)[O-]. The number of hydrogen-bond donors (Lipinski definition) is 1. The molecule has 0 spiro atoms. The van der Waals surface area contributed by atoms with Crippen molar-refractivity contribution < 1.29 is 18.1 Å². The van der Waals surface area contributed by atoms with Crippen LogP contribution in [0.15, 0.2) is 58.5 Å². The minimum atomic E-state index is -3.88. The van der Waals surface area contributed by atoms with Crippen molar-refractivity contribution >= 4 is 39.2 Å². The number of hydrazone groups is 1. The Kier molecular flexibility index (Phi) is 6.93. The molecule has 0 bridgehead atoms. The van der Waals surface area contributed by atoms with E-state index in [0.29, 0.717) is 16.4 Å². The number of aryl methyl sites for hydroxylation is 1. The fourth-order valence-corrected chi connectivity index (χ4v) is 5.17. The van der Waals surface area contributed by atoms with E-state index in [0.717, 1.165) is 11.8 Å². The van der Waals surface area contributed by atoms with Crippen molar-refractivity contribution in [2.45, 2.75) is 11.8 Å². The van der Waals surface area contributed by atoms with Gasteiger partial charge in [0.25, 0.3) is 5.69 Å². The van der Waals surface area contributed by atoms with E-state index in [4.69, 9.17) is 16.3 Å². The van der Waals surface area contributed by atoms with Crippen LogP contribution in [0.4, 0.5) is 11.4 Å². The average Bonchev–Trinajstić information content (AvgIpc) is 3.13. The second kappa shape index (κ2) is 9.89. The molecule has 2 aromatic carbocycles. The third-order valence-electron chi connectivity index (χ3n) is 5.20. The van der Waals surface area contributed by atoms with Gasteiger partial charge in [-0.15, -0.1) is 0 Å². The predicted molar refractivity (Wildman–Crippen MR) is 127 cm³/mol. The molecule has 0 radical (unpaired) electrons. The normalized spacial score (nSPS) is 15.0. The Morgan fingerprint density at radius 3 is 2.59 bits per heavy atom. The highest BCUT2D eigenvalue weighted by molar-refractivity contribution is 7.89. The molecular weight excluding hydrogens is 484 g/mol. The second-order valence-corrected chi connectivity index (χ2v) is 9.66. The summed E-state index contributed by atoms with van der Waals surface area (Å²) >= 11 is 6.47. The third kappa shape index (κ3) is 4.80. The van der Waals surface area contributed by atoms with E-state index in [2.05, 4.69) is 15.6 Å². The van der Waals surface area contributed by atoms with Crippen molar-refractivity contribution in [3.05, 3.63) is 75.1 Å². The van der Waals surface area contributed by atoms with Gasteiger partial charge < -0.3 is 4.74 Å². The van der Waals surface area contributed by atoms with Gasteiger partial charge in [-0.2, -0.15) is 14.5 Å². The van der Waals surface area contributed by atoms with Crippen molar-refractivity contribution in [2.24, 2.45) is 5.10 Å². The number of nitrogens with one attached hydrogen (secondary N) is 1. The molecule has 178 valence electrons. The molecule has 0 saturated carbocycles. The van der Waals surface area contributed by atoms with E-state index in [9.17, 15) is 18.5 Å². The third-order valence-corrected chi connectivity index (χ3v) is 7.46. The zero-order chi connectivity index (χ0) is 24.3. The largest absolute Gasteiger partial charge is 0.379 e. The maximum Gasteiger partial charge on any atom is 0.295 e. The highest BCUT2D eigenvalue weighted by atomic mass is 35.5. The minimum Gasteiger partial charge on any atom is -0.379 e. The quantitative estimate of drug-likeness (QED) is 0.297. The van der Waals surface area contributed by atoms with Crippen molar-refractivity contribution in [1.82, 2.24) is 14.1 Å². The molecule has 34 heavy (non-hydrogen) atoms. The molecule has 0 atom stereocenters. The van der Waals surface area contributed by atoms with Crippen molar-refractivity contribution in [1.29, 1.82) is 0 Å². The first kappa shape index (κ1) is 23.8. The van der Waals surface area contributed by atoms with E-state index in [-0.39, 0.29) is 36.9 Å². The van der Waals surface area contributed by atoms with Crippen LogP contribution in [0, 0.1) is 17.0 Å². The maximum absolute atomic E-state index is 12.8. The highest BCUT2D eigenvalue weighted by Crippen LogP contribution is 2.29. The number of aromatic nitrogens is 2. The number of ether oxygens (including phenoxy) is 1. The number of anilines is 1. The molecule has 1 saturated heterocycles. The van der Waals surface area contributed by atoms with Crippen LogP contribution in [0.25, 0.3) is 5.69 Å². The predicted octanol–water partition coefficient (Wildman–Crippen LogP) is 3.21. The Hall–Kier alpha value is -3.32. The van der Waals surface area contributed by atoms with E-state index in [1.54, 1.807) is 11.6 Å². The molecule has 1 N–H and O–H groups in total. The molecule has 0 amide bonds. The lowest BCUT2D eigenvalue weighted by atomic mass is 10.3. The van der Waals surface area contributed by atoms with E-state index >= 15 is 0 Å². The number of para-hydroxylation sites is 1. The first-order valence-corrected chi connectivity index (χ1v) is 12.1. The fraction of sp³-hybridized carbons (Fsp3) is 0.238. The van der Waals surface area contributed by atoms with Crippen molar-refractivity contribution in [3.63, 3.8) is 0 Å². The zero-order valence-corrected chi connectivity index (χ0v) is 19.7. The van der Waals surface area contributed by atoms with Crippen LogP contribution in [0.5, 0.6) is 0 Å². The van der Waals surface area contributed by atoms with Gasteiger partial charge in [-0.25, -0.2) is 13.1 Å². The van der Waals surface area contributed by atoms with Gasteiger partial charge in [-0.05, 0) is 31.2 Å². The number of sulfonamides is 1. The van der Waals surface area contributed by atoms with Gasteiger partial charge in [0.1, 0.15) is 10.8 Å². The summed E-state index contributed by atoms with van der Waals surface area (Å²) in [6.07, 6.45) is 1.41. The molecular formula is C21H21ClN6O5S.